The minimum Gasteiger partial charge on any atom is -0.247 e. The first kappa shape index (κ1) is 21.6. The normalized spacial score (nSPS) is 12.8. The molecule has 4 aromatic carbocycles. The van der Waals surface area contributed by atoms with E-state index in [2.05, 4.69) is 31.9 Å². The van der Waals surface area contributed by atoms with Gasteiger partial charge in [0.15, 0.2) is 0 Å². The zero-order valence-electron chi connectivity index (χ0n) is 16.5. The van der Waals surface area contributed by atoms with Gasteiger partial charge in [-0.25, -0.2) is 9.98 Å². The Balaban J connectivity index is 1.89. The molecule has 1 aliphatic rings. The van der Waals surface area contributed by atoms with Crippen LogP contribution in [-0.4, -0.2) is 11.4 Å². The van der Waals surface area contributed by atoms with Gasteiger partial charge in [0.25, 0.3) is 0 Å². The fraction of sp³-hybridized carbons (Fsp3) is 0. The summed E-state index contributed by atoms with van der Waals surface area (Å²) in [6, 6.07) is 27.4. The van der Waals surface area contributed by atoms with Gasteiger partial charge in [-0.2, -0.15) is 0 Å². The van der Waals surface area contributed by atoms with Gasteiger partial charge >= 0.3 is 0 Å². The molecule has 32 heavy (non-hydrogen) atoms. The average molecular weight is 585 g/mol. The van der Waals surface area contributed by atoms with E-state index in [1.807, 2.05) is 84.9 Å². The van der Waals surface area contributed by atoms with Crippen LogP contribution in [0.1, 0.15) is 22.3 Å². The lowest BCUT2D eigenvalue weighted by atomic mass is 9.96. The predicted octanol–water partition coefficient (Wildman–Crippen LogP) is 9.17. The lowest BCUT2D eigenvalue weighted by Crippen LogP contribution is -2.11. The Morgan fingerprint density at radius 2 is 0.906 bits per heavy atom. The largest absolute Gasteiger partial charge is 0.247 e. The molecule has 0 bridgehead atoms. The molecule has 0 aliphatic carbocycles. The highest BCUT2D eigenvalue weighted by Crippen LogP contribution is 2.37. The summed E-state index contributed by atoms with van der Waals surface area (Å²) < 4.78 is 1.87. The maximum Gasteiger partial charge on any atom is 0.0818 e. The van der Waals surface area contributed by atoms with Crippen molar-refractivity contribution in [2.24, 2.45) is 9.98 Å². The Bertz CT molecular complexity index is 1320. The fourth-order valence-electron chi connectivity index (χ4n) is 3.67. The first-order chi connectivity index (χ1) is 15.5. The number of hydrogen-bond acceptors (Lipinski definition) is 2. The molecule has 0 spiro atoms. The third kappa shape index (κ3) is 4.08. The first-order valence-corrected chi connectivity index (χ1v) is 12.1. The summed E-state index contributed by atoms with van der Waals surface area (Å²) in [5, 5.41) is 1.26. The monoisotopic (exact) mass is 582 g/mol. The van der Waals surface area contributed by atoms with Gasteiger partial charge in [-0.15, -0.1) is 0 Å². The molecule has 0 amide bonds. The highest BCUT2D eigenvalue weighted by atomic mass is 79.9. The Hall–Kier alpha value is -2.24. The zero-order valence-corrected chi connectivity index (χ0v) is 21.2. The molecule has 0 atom stereocenters. The van der Waals surface area contributed by atoms with Crippen molar-refractivity contribution in [1.82, 2.24) is 0 Å². The molecule has 0 saturated heterocycles. The molecule has 0 unspecified atom stereocenters. The minimum atomic E-state index is 0.631. The third-order valence-corrected chi connectivity index (χ3v) is 6.80. The van der Waals surface area contributed by atoms with Crippen LogP contribution >= 0.6 is 55.1 Å². The Labute approximate surface area is 212 Å². The van der Waals surface area contributed by atoms with Gasteiger partial charge in [-0.05, 0) is 48.5 Å². The van der Waals surface area contributed by atoms with Crippen LogP contribution in [0.2, 0.25) is 10.0 Å². The molecule has 0 aromatic heterocycles. The molecule has 0 radical (unpaired) electrons. The smallest absolute Gasteiger partial charge is 0.0818 e. The molecule has 2 nitrogen and oxygen atoms in total. The number of fused-ring (bicyclic) bond motifs is 2. The summed E-state index contributed by atoms with van der Waals surface area (Å²) in [5.41, 5.74) is 6.54. The number of aliphatic imine (C=N–C) groups is 2. The average Bonchev–Trinajstić information content (AvgIpc) is 2.78. The fourth-order valence-corrected chi connectivity index (χ4v) is 4.84. The summed E-state index contributed by atoms with van der Waals surface area (Å²) in [5.74, 6) is 0. The molecule has 1 aliphatic heterocycles. The first-order valence-electron chi connectivity index (χ1n) is 9.78. The highest BCUT2D eigenvalue weighted by Gasteiger charge is 2.22. The summed E-state index contributed by atoms with van der Waals surface area (Å²) >= 11 is 20.4. The lowest BCUT2D eigenvalue weighted by Gasteiger charge is -2.19. The van der Waals surface area contributed by atoms with Crippen LogP contribution < -0.4 is 0 Å². The van der Waals surface area contributed by atoms with Crippen molar-refractivity contribution in [3.8, 4) is 0 Å². The summed E-state index contributed by atoms with van der Waals surface area (Å²) in [6.07, 6.45) is 0. The third-order valence-electron chi connectivity index (χ3n) is 5.15. The maximum absolute atomic E-state index is 6.60. The van der Waals surface area contributed by atoms with E-state index in [9.17, 15) is 0 Å². The number of rotatable bonds is 2. The number of benzene rings is 4. The summed E-state index contributed by atoms with van der Waals surface area (Å²) in [6.45, 7) is 0. The van der Waals surface area contributed by atoms with E-state index < -0.39 is 0 Å². The molecule has 0 fully saturated rings. The highest BCUT2D eigenvalue weighted by molar-refractivity contribution is 9.10. The van der Waals surface area contributed by atoms with Gasteiger partial charge in [0, 0.05) is 41.2 Å². The van der Waals surface area contributed by atoms with Crippen molar-refractivity contribution >= 4 is 77.9 Å². The molecule has 1 heterocycles. The topological polar surface area (TPSA) is 24.7 Å². The Kier molecular flexibility index (Phi) is 6.04. The summed E-state index contributed by atoms with van der Waals surface area (Å²) in [4.78, 5) is 10.3. The molecule has 156 valence electrons. The van der Waals surface area contributed by atoms with E-state index >= 15 is 0 Å². The van der Waals surface area contributed by atoms with Gasteiger partial charge in [0.1, 0.15) is 0 Å². The van der Waals surface area contributed by atoms with Crippen LogP contribution in [0.25, 0.3) is 0 Å². The van der Waals surface area contributed by atoms with Crippen molar-refractivity contribution in [3.63, 3.8) is 0 Å². The van der Waals surface area contributed by atoms with Crippen LogP contribution in [0.15, 0.2) is 104 Å². The van der Waals surface area contributed by atoms with Crippen molar-refractivity contribution in [2.45, 2.75) is 0 Å². The van der Waals surface area contributed by atoms with E-state index in [1.54, 1.807) is 0 Å². The van der Waals surface area contributed by atoms with E-state index in [1.165, 1.54) is 0 Å². The molecule has 0 saturated carbocycles. The van der Waals surface area contributed by atoms with Crippen LogP contribution in [0.5, 0.6) is 0 Å². The van der Waals surface area contributed by atoms with E-state index in [4.69, 9.17) is 33.2 Å². The number of hydrogen-bond donors (Lipinski definition) is 0. The second kappa shape index (κ2) is 8.95. The lowest BCUT2D eigenvalue weighted by molar-refractivity contribution is 1.38. The van der Waals surface area contributed by atoms with E-state index in [-0.39, 0.29) is 0 Å². The second-order valence-electron chi connectivity index (χ2n) is 7.20. The van der Waals surface area contributed by atoms with Crippen molar-refractivity contribution in [2.75, 3.05) is 0 Å². The predicted molar refractivity (Wildman–Crippen MR) is 142 cm³/mol. The Morgan fingerprint density at radius 3 is 1.31 bits per heavy atom. The molecule has 0 N–H and O–H groups in total. The number of halogens is 4. The van der Waals surface area contributed by atoms with Crippen LogP contribution in [0.4, 0.5) is 11.4 Å². The van der Waals surface area contributed by atoms with Gasteiger partial charge in [-0.1, -0.05) is 91.5 Å². The second-order valence-corrected chi connectivity index (χ2v) is 9.85. The van der Waals surface area contributed by atoms with Gasteiger partial charge in [-0.3, -0.25) is 0 Å². The maximum atomic E-state index is 6.60. The summed E-state index contributed by atoms with van der Waals surface area (Å²) in [7, 11) is 0. The van der Waals surface area contributed by atoms with E-state index in [0.29, 0.717) is 10.0 Å². The standard InChI is InChI=1S/C26H14Br2Cl2N2/c27-15-9-11-23-19(13-15)25(17-5-1-3-7-21(17)29)31-24-12-10-16(28)14-20(24)26(32-23)18-6-2-4-8-22(18)30/h1-14H. The molecule has 4 aromatic rings. The van der Waals surface area contributed by atoms with Gasteiger partial charge in [0.2, 0.25) is 0 Å². The molecular weight excluding hydrogens is 571 g/mol. The quantitative estimate of drug-likeness (QED) is 0.198. The van der Waals surface area contributed by atoms with Gasteiger partial charge in [0.05, 0.1) is 22.8 Å². The van der Waals surface area contributed by atoms with Crippen LogP contribution in [-0.2, 0) is 0 Å². The van der Waals surface area contributed by atoms with Crippen LogP contribution in [0.3, 0.4) is 0 Å². The minimum absolute atomic E-state index is 0.631. The molecule has 5 rings (SSSR count). The molecular formula is C26H14Br2Cl2N2. The SMILES string of the molecule is Clc1ccccc1C1=Nc2ccc(Br)cc2C(c2ccccc2Cl)=Nc2ccc(Br)cc21. The van der Waals surface area contributed by atoms with Crippen molar-refractivity contribution < 1.29 is 0 Å². The van der Waals surface area contributed by atoms with Crippen LogP contribution in [0, 0.1) is 0 Å². The van der Waals surface area contributed by atoms with Gasteiger partial charge < -0.3 is 0 Å². The van der Waals surface area contributed by atoms with E-state index in [0.717, 1.165) is 54.0 Å². The Morgan fingerprint density at radius 1 is 0.500 bits per heavy atom. The molecule has 6 heteroatoms. The number of nitrogens with zero attached hydrogens (tertiary/aromatic N) is 2. The van der Waals surface area contributed by atoms with Crippen molar-refractivity contribution in [3.05, 3.63) is 126 Å². The van der Waals surface area contributed by atoms with Crippen molar-refractivity contribution in [1.29, 1.82) is 0 Å². The zero-order chi connectivity index (χ0) is 22.2.